The van der Waals surface area contributed by atoms with Crippen molar-refractivity contribution in [1.29, 1.82) is 0 Å². The molecule has 0 amide bonds. The molecule has 5 nitrogen and oxygen atoms in total. The zero-order valence-electron chi connectivity index (χ0n) is 17.5. The number of hydrogen-bond donors (Lipinski definition) is 0. The van der Waals surface area contributed by atoms with Gasteiger partial charge in [0.05, 0.1) is 11.9 Å². The van der Waals surface area contributed by atoms with Gasteiger partial charge in [-0.3, -0.25) is 14.6 Å². The highest BCUT2D eigenvalue weighted by Crippen LogP contribution is 2.29. The van der Waals surface area contributed by atoms with Crippen LogP contribution in [0, 0.1) is 11.6 Å². The van der Waals surface area contributed by atoms with Crippen molar-refractivity contribution in [2.24, 2.45) is 0 Å². The second-order valence-corrected chi connectivity index (χ2v) is 7.67. The van der Waals surface area contributed by atoms with E-state index in [2.05, 4.69) is 34.1 Å². The summed E-state index contributed by atoms with van der Waals surface area (Å²) < 4.78 is 29.7. The normalized spacial score (nSPS) is 11.3. The molecule has 0 radical (unpaired) electrons. The maximum absolute atomic E-state index is 14.2. The highest BCUT2D eigenvalue weighted by molar-refractivity contribution is 5.74. The minimum Gasteiger partial charge on any atom is -0.309 e. The first kappa shape index (κ1) is 20.8. The van der Waals surface area contributed by atoms with Gasteiger partial charge in [0.1, 0.15) is 11.6 Å². The molecule has 0 spiro atoms. The Hall–Kier alpha value is -3.45. The van der Waals surface area contributed by atoms with Gasteiger partial charge in [-0.25, -0.2) is 8.78 Å². The molecule has 31 heavy (non-hydrogen) atoms. The zero-order chi connectivity index (χ0) is 21.8. The first-order valence-corrected chi connectivity index (χ1v) is 10.0. The summed E-state index contributed by atoms with van der Waals surface area (Å²) >= 11 is 0. The molecule has 0 N–H and O–H groups in total. The summed E-state index contributed by atoms with van der Waals surface area (Å²) in [6.45, 7) is 1.85. The molecule has 7 heteroatoms. The molecular weight excluding hydrogens is 396 g/mol. The molecule has 0 unspecified atom stereocenters. The Kier molecular flexibility index (Phi) is 6.13. The van der Waals surface area contributed by atoms with E-state index in [-0.39, 0.29) is 5.56 Å². The van der Waals surface area contributed by atoms with E-state index in [1.54, 1.807) is 24.7 Å². The van der Waals surface area contributed by atoms with Gasteiger partial charge in [0.2, 0.25) is 0 Å². The Balaban J connectivity index is 1.59. The summed E-state index contributed by atoms with van der Waals surface area (Å²) in [6.07, 6.45) is 9.98. The number of nitrogens with zero attached hydrogens (tertiary/aromatic N) is 5. The second kappa shape index (κ2) is 9.14. The molecule has 0 saturated heterocycles. The topological polar surface area (TPSA) is 46.8 Å². The number of hydrogen-bond acceptors (Lipinski definition) is 4. The van der Waals surface area contributed by atoms with Crippen LogP contribution in [0.25, 0.3) is 33.5 Å². The van der Waals surface area contributed by atoms with E-state index >= 15 is 0 Å². The molecular formula is C24H23F2N5. The molecule has 0 atom stereocenters. The SMILES string of the molecule is CN(C)CCCn1cc(-c2cncc(-c3ccnc(-c4cc(F)ccc4F)c3)c2)cn1. The third-order valence-corrected chi connectivity index (χ3v) is 4.99. The molecule has 4 rings (SSSR count). The van der Waals surface area contributed by atoms with Crippen molar-refractivity contribution in [2.45, 2.75) is 13.0 Å². The molecule has 0 aliphatic carbocycles. The third-order valence-electron chi connectivity index (χ3n) is 4.99. The van der Waals surface area contributed by atoms with E-state index < -0.39 is 11.6 Å². The lowest BCUT2D eigenvalue weighted by Gasteiger charge is -2.08. The first-order chi connectivity index (χ1) is 15.0. The number of halogens is 2. The number of pyridine rings is 2. The predicted molar refractivity (Wildman–Crippen MR) is 117 cm³/mol. The van der Waals surface area contributed by atoms with Crippen molar-refractivity contribution in [1.82, 2.24) is 24.6 Å². The first-order valence-electron chi connectivity index (χ1n) is 10.0. The lowest BCUT2D eigenvalue weighted by atomic mass is 10.0. The fraction of sp³-hybridized carbons (Fsp3) is 0.208. The standard InChI is InChI=1S/C24H23F2N5/c1-30(2)8-3-9-31-16-20(15-29-31)19-10-18(13-27-14-19)17-6-7-28-24(11-17)22-12-21(25)4-5-23(22)26/h4-7,10-16H,3,8-9H2,1-2H3. The Morgan fingerprint density at radius 2 is 1.71 bits per heavy atom. The summed E-state index contributed by atoms with van der Waals surface area (Å²) in [5.41, 5.74) is 4.09. The van der Waals surface area contributed by atoms with Crippen molar-refractivity contribution >= 4 is 0 Å². The summed E-state index contributed by atoms with van der Waals surface area (Å²) in [6, 6.07) is 8.93. The van der Waals surface area contributed by atoms with Crippen LogP contribution < -0.4 is 0 Å². The third kappa shape index (κ3) is 5.00. The Morgan fingerprint density at radius 3 is 2.52 bits per heavy atom. The molecule has 158 valence electrons. The van der Waals surface area contributed by atoms with Crippen molar-refractivity contribution < 1.29 is 8.78 Å². The van der Waals surface area contributed by atoms with Gasteiger partial charge >= 0.3 is 0 Å². The molecule has 3 aromatic heterocycles. The quantitative estimate of drug-likeness (QED) is 0.427. The van der Waals surface area contributed by atoms with Gasteiger partial charge < -0.3 is 4.90 Å². The minimum absolute atomic E-state index is 0.130. The molecule has 0 bridgehead atoms. The van der Waals surface area contributed by atoms with Crippen molar-refractivity contribution in [2.75, 3.05) is 20.6 Å². The van der Waals surface area contributed by atoms with Crippen molar-refractivity contribution in [3.63, 3.8) is 0 Å². The van der Waals surface area contributed by atoms with Crippen LogP contribution in [-0.2, 0) is 6.54 Å². The molecule has 0 fully saturated rings. The van der Waals surface area contributed by atoms with E-state index in [1.165, 1.54) is 0 Å². The lowest BCUT2D eigenvalue weighted by Crippen LogP contribution is -2.15. The molecule has 3 heterocycles. The Bertz CT molecular complexity index is 1190. The van der Waals surface area contributed by atoms with E-state index in [4.69, 9.17) is 0 Å². The van der Waals surface area contributed by atoms with Gasteiger partial charge in [0, 0.05) is 53.6 Å². The highest BCUT2D eigenvalue weighted by Gasteiger charge is 2.11. The maximum atomic E-state index is 14.2. The number of aryl methyl sites for hydroxylation is 1. The largest absolute Gasteiger partial charge is 0.309 e. The van der Waals surface area contributed by atoms with Crippen LogP contribution in [0.3, 0.4) is 0 Å². The van der Waals surface area contributed by atoms with Crippen LogP contribution in [0.2, 0.25) is 0 Å². The molecule has 4 aromatic rings. The van der Waals surface area contributed by atoms with E-state index in [0.29, 0.717) is 5.69 Å². The van der Waals surface area contributed by atoms with Gasteiger partial charge in [-0.1, -0.05) is 0 Å². The minimum atomic E-state index is -0.514. The van der Waals surface area contributed by atoms with Crippen LogP contribution in [0.5, 0.6) is 0 Å². The highest BCUT2D eigenvalue weighted by atomic mass is 19.1. The van der Waals surface area contributed by atoms with Crippen molar-refractivity contribution in [3.8, 4) is 33.5 Å². The van der Waals surface area contributed by atoms with E-state index in [9.17, 15) is 8.78 Å². The number of rotatable bonds is 7. The molecule has 0 aliphatic rings. The summed E-state index contributed by atoms with van der Waals surface area (Å²) in [5.74, 6) is -1.02. The van der Waals surface area contributed by atoms with Crippen LogP contribution in [0.1, 0.15) is 6.42 Å². The van der Waals surface area contributed by atoms with E-state index in [1.807, 2.05) is 29.2 Å². The summed E-state index contributed by atoms with van der Waals surface area (Å²) in [5, 5.41) is 4.45. The maximum Gasteiger partial charge on any atom is 0.132 e. The van der Waals surface area contributed by atoms with Gasteiger partial charge in [-0.05, 0) is 69.0 Å². The van der Waals surface area contributed by atoms with Gasteiger partial charge in [-0.2, -0.15) is 5.10 Å². The van der Waals surface area contributed by atoms with Crippen LogP contribution in [-0.4, -0.2) is 45.3 Å². The second-order valence-electron chi connectivity index (χ2n) is 7.67. The monoisotopic (exact) mass is 419 g/mol. The fourth-order valence-electron chi connectivity index (χ4n) is 3.39. The van der Waals surface area contributed by atoms with Crippen molar-refractivity contribution in [3.05, 3.63) is 79.0 Å². The zero-order valence-corrected chi connectivity index (χ0v) is 17.5. The summed E-state index contributed by atoms with van der Waals surface area (Å²) in [7, 11) is 4.11. The van der Waals surface area contributed by atoms with Crippen LogP contribution >= 0.6 is 0 Å². The molecule has 1 aromatic carbocycles. The predicted octanol–water partition coefficient (Wildman–Crippen LogP) is 4.90. The number of benzene rings is 1. The number of aromatic nitrogens is 4. The average molecular weight is 419 g/mol. The van der Waals surface area contributed by atoms with E-state index in [0.717, 1.165) is 60.0 Å². The van der Waals surface area contributed by atoms with Crippen LogP contribution in [0.15, 0.2) is 67.4 Å². The molecule has 0 aliphatic heterocycles. The van der Waals surface area contributed by atoms with Gasteiger partial charge in [-0.15, -0.1) is 0 Å². The smallest absolute Gasteiger partial charge is 0.132 e. The van der Waals surface area contributed by atoms with Gasteiger partial charge in [0.25, 0.3) is 0 Å². The Morgan fingerprint density at radius 1 is 0.903 bits per heavy atom. The van der Waals surface area contributed by atoms with Crippen LogP contribution in [0.4, 0.5) is 8.78 Å². The average Bonchev–Trinajstić information content (AvgIpc) is 3.24. The fourth-order valence-corrected chi connectivity index (χ4v) is 3.39. The summed E-state index contributed by atoms with van der Waals surface area (Å²) in [4.78, 5) is 10.7. The lowest BCUT2D eigenvalue weighted by molar-refractivity contribution is 0.380. The molecule has 0 saturated carbocycles. The van der Waals surface area contributed by atoms with Gasteiger partial charge in [0.15, 0.2) is 0 Å². The Labute approximate surface area is 180 Å².